The molecule has 5 heteroatoms. The third-order valence-corrected chi connectivity index (χ3v) is 3.75. The molecule has 0 saturated carbocycles. The third-order valence-electron chi connectivity index (χ3n) is 3.75. The Kier molecular flexibility index (Phi) is 4.14. The Labute approximate surface area is 111 Å². The fraction of sp³-hybridized carbons (Fsp3) is 0.500. The summed E-state index contributed by atoms with van der Waals surface area (Å²) in [6, 6.07) is 2.84. The van der Waals surface area contributed by atoms with Crippen molar-refractivity contribution in [3.63, 3.8) is 0 Å². The SMILES string of the molecule is CC(c1cc(F)ccc1F)N(C)C(=O)C1CCNC1. The molecule has 0 aromatic heterocycles. The summed E-state index contributed by atoms with van der Waals surface area (Å²) < 4.78 is 26.9. The van der Waals surface area contributed by atoms with Crippen LogP contribution >= 0.6 is 0 Å². The minimum absolute atomic E-state index is 0.0267. The monoisotopic (exact) mass is 268 g/mol. The first kappa shape index (κ1) is 13.9. The van der Waals surface area contributed by atoms with E-state index in [1.165, 1.54) is 4.90 Å². The maximum atomic E-state index is 13.7. The molecule has 19 heavy (non-hydrogen) atoms. The van der Waals surface area contributed by atoms with Gasteiger partial charge in [0.1, 0.15) is 11.6 Å². The van der Waals surface area contributed by atoms with Crippen molar-refractivity contribution in [2.45, 2.75) is 19.4 Å². The van der Waals surface area contributed by atoms with Gasteiger partial charge < -0.3 is 10.2 Å². The number of nitrogens with one attached hydrogen (secondary N) is 1. The molecule has 2 unspecified atom stereocenters. The van der Waals surface area contributed by atoms with Gasteiger partial charge in [-0.15, -0.1) is 0 Å². The van der Waals surface area contributed by atoms with E-state index in [1.807, 2.05) is 0 Å². The number of carbonyl (C=O) groups excluding carboxylic acids is 1. The highest BCUT2D eigenvalue weighted by molar-refractivity contribution is 5.79. The van der Waals surface area contributed by atoms with Crippen LogP contribution in [0.2, 0.25) is 0 Å². The lowest BCUT2D eigenvalue weighted by Crippen LogP contribution is -2.36. The molecule has 2 rings (SSSR count). The zero-order chi connectivity index (χ0) is 14.0. The fourth-order valence-corrected chi connectivity index (χ4v) is 2.39. The maximum absolute atomic E-state index is 13.7. The van der Waals surface area contributed by atoms with Crippen LogP contribution in [0, 0.1) is 17.6 Å². The van der Waals surface area contributed by atoms with Crippen molar-refractivity contribution in [1.82, 2.24) is 10.2 Å². The number of carbonyl (C=O) groups is 1. The van der Waals surface area contributed by atoms with Crippen LogP contribution in [-0.2, 0) is 4.79 Å². The van der Waals surface area contributed by atoms with Crippen LogP contribution in [0.4, 0.5) is 8.78 Å². The summed E-state index contributed by atoms with van der Waals surface area (Å²) in [5.41, 5.74) is 0.210. The van der Waals surface area contributed by atoms with Crippen molar-refractivity contribution in [2.24, 2.45) is 5.92 Å². The van der Waals surface area contributed by atoms with Crippen LogP contribution < -0.4 is 5.32 Å². The molecule has 3 nitrogen and oxygen atoms in total. The quantitative estimate of drug-likeness (QED) is 0.910. The normalized spacial score (nSPS) is 20.3. The van der Waals surface area contributed by atoms with Gasteiger partial charge in [-0.05, 0) is 38.1 Å². The highest BCUT2D eigenvalue weighted by atomic mass is 19.1. The molecule has 1 fully saturated rings. The molecule has 1 aromatic carbocycles. The second-order valence-corrected chi connectivity index (χ2v) is 4.98. The number of benzene rings is 1. The molecule has 1 saturated heterocycles. The molecule has 0 bridgehead atoms. The van der Waals surface area contributed by atoms with Gasteiger partial charge in [-0.25, -0.2) is 8.78 Å². The van der Waals surface area contributed by atoms with Gasteiger partial charge in [0.05, 0.1) is 12.0 Å². The summed E-state index contributed by atoms with van der Waals surface area (Å²) in [6.45, 7) is 3.19. The number of hydrogen-bond acceptors (Lipinski definition) is 2. The largest absolute Gasteiger partial charge is 0.339 e. The van der Waals surface area contributed by atoms with Crippen LogP contribution in [0.25, 0.3) is 0 Å². The van der Waals surface area contributed by atoms with Gasteiger partial charge >= 0.3 is 0 Å². The van der Waals surface area contributed by atoms with Gasteiger partial charge in [-0.2, -0.15) is 0 Å². The highest BCUT2D eigenvalue weighted by Gasteiger charge is 2.29. The van der Waals surface area contributed by atoms with E-state index in [1.54, 1.807) is 14.0 Å². The van der Waals surface area contributed by atoms with Gasteiger partial charge in [0, 0.05) is 19.2 Å². The molecule has 0 aliphatic carbocycles. The highest BCUT2D eigenvalue weighted by Crippen LogP contribution is 2.25. The first-order chi connectivity index (χ1) is 9.00. The molecule has 1 aliphatic rings. The molecular weight excluding hydrogens is 250 g/mol. The molecule has 1 aromatic rings. The Morgan fingerprint density at radius 3 is 2.84 bits per heavy atom. The maximum Gasteiger partial charge on any atom is 0.227 e. The van der Waals surface area contributed by atoms with Crippen LogP contribution in [0.5, 0.6) is 0 Å². The van der Waals surface area contributed by atoms with E-state index in [-0.39, 0.29) is 17.4 Å². The first-order valence-electron chi connectivity index (χ1n) is 6.43. The third kappa shape index (κ3) is 2.92. The molecule has 2 atom stereocenters. The Morgan fingerprint density at radius 1 is 1.47 bits per heavy atom. The summed E-state index contributed by atoms with van der Waals surface area (Å²) in [5.74, 6) is -1.07. The predicted molar refractivity (Wildman–Crippen MR) is 68.5 cm³/mol. The van der Waals surface area contributed by atoms with E-state index in [2.05, 4.69) is 5.32 Å². The number of nitrogens with zero attached hydrogens (tertiary/aromatic N) is 1. The zero-order valence-electron chi connectivity index (χ0n) is 11.1. The lowest BCUT2D eigenvalue weighted by atomic mass is 10.0. The van der Waals surface area contributed by atoms with Crippen molar-refractivity contribution >= 4 is 5.91 Å². The summed E-state index contributed by atoms with van der Waals surface area (Å²) >= 11 is 0. The summed E-state index contributed by atoms with van der Waals surface area (Å²) in [6.07, 6.45) is 0.793. The molecule has 1 aliphatic heterocycles. The molecule has 1 heterocycles. The molecule has 104 valence electrons. The van der Waals surface area contributed by atoms with Crippen molar-refractivity contribution in [2.75, 3.05) is 20.1 Å². The lowest BCUT2D eigenvalue weighted by molar-refractivity contribution is -0.135. The number of hydrogen-bond donors (Lipinski definition) is 1. The number of rotatable bonds is 3. The summed E-state index contributed by atoms with van der Waals surface area (Å²) in [5, 5.41) is 3.13. The molecule has 0 spiro atoms. The topological polar surface area (TPSA) is 32.3 Å². The average molecular weight is 268 g/mol. The van der Waals surface area contributed by atoms with Crippen molar-refractivity contribution < 1.29 is 13.6 Å². The van der Waals surface area contributed by atoms with Crippen LogP contribution in [0.1, 0.15) is 24.9 Å². The first-order valence-corrected chi connectivity index (χ1v) is 6.43. The van der Waals surface area contributed by atoms with E-state index in [4.69, 9.17) is 0 Å². The predicted octanol–water partition coefficient (Wildman–Crippen LogP) is 2.09. The molecule has 0 radical (unpaired) electrons. The summed E-state index contributed by atoms with van der Waals surface area (Å²) in [4.78, 5) is 13.7. The number of halogens is 2. The standard InChI is InChI=1S/C14H18F2N2O/c1-9(12-7-11(15)3-4-13(12)16)18(2)14(19)10-5-6-17-8-10/h3-4,7,9-10,17H,5-6,8H2,1-2H3. The van der Waals surface area contributed by atoms with E-state index in [0.717, 1.165) is 31.2 Å². The smallest absolute Gasteiger partial charge is 0.227 e. The minimum atomic E-state index is -0.494. The Hall–Kier alpha value is -1.49. The van der Waals surface area contributed by atoms with Gasteiger partial charge in [0.15, 0.2) is 0 Å². The van der Waals surface area contributed by atoms with E-state index in [9.17, 15) is 13.6 Å². The van der Waals surface area contributed by atoms with Gasteiger partial charge in [0.25, 0.3) is 0 Å². The Balaban J connectivity index is 2.15. The van der Waals surface area contributed by atoms with E-state index >= 15 is 0 Å². The molecular formula is C14H18F2N2O. The second kappa shape index (κ2) is 5.65. The van der Waals surface area contributed by atoms with Crippen molar-refractivity contribution in [3.05, 3.63) is 35.4 Å². The van der Waals surface area contributed by atoms with Crippen LogP contribution in [-0.4, -0.2) is 30.9 Å². The van der Waals surface area contributed by atoms with Crippen LogP contribution in [0.15, 0.2) is 18.2 Å². The fourth-order valence-electron chi connectivity index (χ4n) is 2.39. The molecule has 1 amide bonds. The minimum Gasteiger partial charge on any atom is -0.339 e. The Bertz CT molecular complexity index is 473. The van der Waals surface area contributed by atoms with E-state index < -0.39 is 17.7 Å². The Morgan fingerprint density at radius 2 is 2.21 bits per heavy atom. The van der Waals surface area contributed by atoms with Gasteiger partial charge in [0.2, 0.25) is 5.91 Å². The van der Waals surface area contributed by atoms with Crippen molar-refractivity contribution in [3.8, 4) is 0 Å². The lowest BCUT2D eigenvalue weighted by Gasteiger charge is -2.28. The number of amides is 1. The molecule has 1 N–H and O–H groups in total. The average Bonchev–Trinajstić information content (AvgIpc) is 2.93. The van der Waals surface area contributed by atoms with Crippen LogP contribution in [0.3, 0.4) is 0 Å². The van der Waals surface area contributed by atoms with Gasteiger partial charge in [-0.3, -0.25) is 4.79 Å². The second-order valence-electron chi connectivity index (χ2n) is 4.98. The van der Waals surface area contributed by atoms with Crippen molar-refractivity contribution in [1.29, 1.82) is 0 Å². The summed E-state index contributed by atoms with van der Waals surface area (Å²) in [7, 11) is 1.63. The zero-order valence-corrected chi connectivity index (χ0v) is 11.1. The van der Waals surface area contributed by atoms with Gasteiger partial charge in [-0.1, -0.05) is 0 Å². The van der Waals surface area contributed by atoms with E-state index in [0.29, 0.717) is 6.54 Å².